The Balaban J connectivity index is 0.00000392. The van der Waals surface area contributed by atoms with Gasteiger partial charge in [-0.3, -0.25) is 9.79 Å². The van der Waals surface area contributed by atoms with Gasteiger partial charge in [-0.1, -0.05) is 6.42 Å². The highest BCUT2D eigenvalue weighted by Crippen LogP contribution is 2.19. The van der Waals surface area contributed by atoms with Crippen molar-refractivity contribution >= 4 is 46.8 Å². The second kappa shape index (κ2) is 13.4. The van der Waals surface area contributed by atoms with E-state index in [1.54, 1.807) is 12.1 Å². The molecule has 8 heteroatoms. The summed E-state index contributed by atoms with van der Waals surface area (Å²) in [6.07, 6.45) is 5.85. The van der Waals surface area contributed by atoms with Crippen molar-refractivity contribution in [1.29, 1.82) is 0 Å². The van der Waals surface area contributed by atoms with Crippen molar-refractivity contribution in [1.82, 2.24) is 15.6 Å². The van der Waals surface area contributed by atoms with Crippen LogP contribution in [-0.4, -0.2) is 43.7 Å². The fourth-order valence-electron chi connectivity index (χ4n) is 2.87. The molecular formula is C20H30FIN4O2. The number of rotatable bonds is 10. The highest BCUT2D eigenvalue weighted by Gasteiger charge is 2.05. The Morgan fingerprint density at radius 2 is 2.07 bits per heavy atom. The molecular weight excluding hydrogens is 474 g/mol. The highest BCUT2D eigenvalue weighted by atomic mass is 127. The first kappa shape index (κ1) is 24.2. The molecule has 0 unspecified atom stereocenters. The van der Waals surface area contributed by atoms with E-state index in [9.17, 15) is 9.18 Å². The number of nitrogens with one attached hydrogen (secondary N) is 3. The van der Waals surface area contributed by atoms with Crippen LogP contribution in [0.15, 0.2) is 29.4 Å². The fourth-order valence-corrected chi connectivity index (χ4v) is 2.87. The zero-order valence-corrected chi connectivity index (χ0v) is 18.8. The van der Waals surface area contributed by atoms with Crippen LogP contribution in [0.1, 0.15) is 38.2 Å². The summed E-state index contributed by atoms with van der Waals surface area (Å²) < 4.78 is 18.1. The van der Waals surface area contributed by atoms with Gasteiger partial charge in [0.05, 0.1) is 7.11 Å². The maximum atomic E-state index is 13.5. The molecule has 0 radical (unpaired) electrons. The molecule has 2 aromatic rings. The molecule has 1 aromatic heterocycles. The molecule has 3 N–H and O–H groups in total. The number of halogens is 2. The molecule has 1 aromatic carbocycles. The molecule has 0 bridgehead atoms. The van der Waals surface area contributed by atoms with Gasteiger partial charge in [-0.05, 0) is 49.9 Å². The molecule has 0 fully saturated rings. The number of fused-ring (bicyclic) bond motifs is 1. The Morgan fingerprint density at radius 1 is 1.25 bits per heavy atom. The quantitative estimate of drug-likeness (QED) is 0.152. The molecule has 0 atom stereocenters. The topological polar surface area (TPSA) is 78.5 Å². The molecule has 6 nitrogen and oxygen atoms in total. The zero-order valence-electron chi connectivity index (χ0n) is 16.5. The number of guanidine groups is 1. The lowest BCUT2D eigenvalue weighted by molar-refractivity contribution is -0.140. The summed E-state index contributed by atoms with van der Waals surface area (Å²) in [6, 6.07) is 4.78. The monoisotopic (exact) mass is 504 g/mol. The number of nitrogens with zero attached hydrogens (tertiary/aromatic N) is 1. The van der Waals surface area contributed by atoms with Gasteiger partial charge in [0.25, 0.3) is 0 Å². The van der Waals surface area contributed by atoms with Crippen LogP contribution < -0.4 is 10.6 Å². The Morgan fingerprint density at radius 3 is 2.82 bits per heavy atom. The first-order valence-corrected chi connectivity index (χ1v) is 9.48. The van der Waals surface area contributed by atoms with Crippen molar-refractivity contribution in [2.24, 2.45) is 4.99 Å². The maximum Gasteiger partial charge on any atom is 0.305 e. The molecule has 2 rings (SSSR count). The molecule has 0 aliphatic rings. The van der Waals surface area contributed by atoms with Gasteiger partial charge in [-0.15, -0.1) is 24.0 Å². The first-order chi connectivity index (χ1) is 13.1. The first-order valence-electron chi connectivity index (χ1n) is 9.48. The number of H-pyrrole nitrogens is 1. The van der Waals surface area contributed by atoms with Crippen LogP contribution in [0.4, 0.5) is 4.39 Å². The molecule has 0 aliphatic carbocycles. The number of carbonyl (C=O) groups is 1. The van der Waals surface area contributed by atoms with Crippen LogP contribution in [-0.2, 0) is 16.0 Å². The average molecular weight is 504 g/mol. The molecule has 28 heavy (non-hydrogen) atoms. The third-order valence-electron chi connectivity index (χ3n) is 4.30. The summed E-state index contributed by atoms with van der Waals surface area (Å²) in [5, 5.41) is 7.46. The van der Waals surface area contributed by atoms with E-state index in [1.807, 2.05) is 13.1 Å². The molecule has 0 saturated heterocycles. The predicted octanol–water partition coefficient (Wildman–Crippen LogP) is 3.76. The third-order valence-corrected chi connectivity index (χ3v) is 4.30. The largest absolute Gasteiger partial charge is 0.469 e. The number of unbranched alkanes of at least 4 members (excludes halogenated alkanes) is 2. The summed E-state index contributed by atoms with van der Waals surface area (Å²) in [5.41, 5.74) is 2.02. The number of esters is 1. The van der Waals surface area contributed by atoms with Crippen LogP contribution in [0, 0.1) is 5.82 Å². The lowest BCUT2D eigenvalue weighted by Crippen LogP contribution is -2.38. The normalized spacial score (nSPS) is 11.2. The zero-order chi connectivity index (χ0) is 19.5. The number of benzene rings is 1. The number of aromatic amines is 1. The molecule has 1 heterocycles. The Bertz CT molecular complexity index is 764. The van der Waals surface area contributed by atoms with Crippen molar-refractivity contribution in [3.8, 4) is 0 Å². The summed E-state index contributed by atoms with van der Waals surface area (Å²) >= 11 is 0. The number of aromatic nitrogens is 1. The van der Waals surface area contributed by atoms with Crippen LogP contribution in [0.3, 0.4) is 0 Å². The van der Waals surface area contributed by atoms with Crippen LogP contribution in [0.5, 0.6) is 0 Å². The number of hydrogen-bond donors (Lipinski definition) is 3. The van der Waals surface area contributed by atoms with E-state index in [0.29, 0.717) is 19.5 Å². The third kappa shape index (κ3) is 8.04. The lowest BCUT2D eigenvalue weighted by Gasteiger charge is -2.11. The smallest absolute Gasteiger partial charge is 0.305 e. The Labute approximate surface area is 182 Å². The molecule has 156 valence electrons. The number of carbonyl (C=O) groups excluding carboxylic acids is 1. The molecule has 0 saturated carbocycles. The Kier molecular flexibility index (Phi) is 11.5. The van der Waals surface area contributed by atoms with E-state index in [4.69, 9.17) is 0 Å². The summed E-state index contributed by atoms with van der Waals surface area (Å²) in [5.74, 6) is 0.389. The second-order valence-corrected chi connectivity index (χ2v) is 6.33. The van der Waals surface area contributed by atoms with E-state index in [1.165, 1.54) is 13.2 Å². The van der Waals surface area contributed by atoms with Crippen molar-refractivity contribution in [2.45, 2.75) is 39.0 Å². The van der Waals surface area contributed by atoms with E-state index in [2.05, 4.69) is 25.3 Å². The SMILES string of the molecule is CCNC(=NCCCCCC(=O)OC)NCCc1c[nH]c2ccc(F)cc12.I. The van der Waals surface area contributed by atoms with Gasteiger partial charge >= 0.3 is 5.97 Å². The maximum absolute atomic E-state index is 13.5. The Hall–Kier alpha value is -1.84. The van der Waals surface area contributed by atoms with Gasteiger partial charge in [0, 0.05) is 43.2 Å². The van der Waals surface area contributed by atoms with E-state index >= 15 is 0 Å². The van der Waals surface area contributed by atoms with Gasteiger partial charge < -0.3 is 20.4 Å². The lowest BCUT2D eigenvalue weighted by atomic mass is 10.1. The molecule has 0 spiro atoms. The van der Waals surface area contributed by atoms with Crippen LogP contribution >= 0.6 is 24.0 Å². The van der Waals surface area contributed by atoms with Crippen LogP contribution in [0.2, 0.25) is 0 Å². The van der Waals surface area contributed by atoms with Crippen molar-refractivity contribution < 1.29 is 13.9 Å². The summed E-state index contributed by atoms with van der Waals surface area (Å²) in [4.78, 5) is 18.8. The summed E-state index contributed by atoms with van der Waals surface area (Å²) in [7, 11) is 1.41. The number of methoxy groups -OCH3 is 1. The minimum Gasteiger partial charge on any atom is -0.469 e. The van der Waals surface area contributed by atoms with Gasteiger partial charge in [-0.25, -0.2) is 4.39 Å². The average Bonchev–Trinajstić information content (AvgIpc) is 3.06. The highest BCUT2D eigenvalue weighted by molar-refractivity contribution is 14.0. The summed E-state index contributed by atoms with van der Waals surface area (Å²) in [6.45, 7) is 4.22. The molecule has 0 aliphatic heterocycles. The van der Waals surface area contributed by atoms with E-state index in [0.717, 1.165) is 54.7 Å². The van der Waals surface area contributed by atoms with E-state index in [-0.39, 0.29) is 35.8 Å². The van der Waals surface area contributed by atoms with Gasteiger partial charge in [-0.2, -0.15) is 0 Å². The van der Waals surface area contributed by atoms with Gasteiger partial charge in [0.2, 0.25) is 0 Å². The number of hydrogen-bond acceptors (Lipinski definition) is 3. The number of aliphatic imine (C=N–C) groups is 1. The minimum absolute atomic E-state index is 0. The number of ether oxygens (including phenoxy) is 1. The minimum atomic E-state index is -0.224. The fraction of sp³-hybridized carbons (Fsp3) is 0.500. The standard InChI is InChI=1S/C20H29FN4O2.HI/c1-3-22-20(23-11-6-4-5-7-19(26)27-2)24-12-10-15-14-25-18-9-8-16(21)13-17(15)18;/h8-9,13-14,25H,3-7,10-12H2,1-2H3,(H2,22,23,24);1H. The molecule has 0 amide bonds. The van der Waals surface area contributed by atoms with Crippen molar-refractivity contribution in [2.75, 3.05) is 26.7 Å². The van der Waals surface area contributed by atoms with Crippen molar-refractivity contribution in [3.63, 3.8) is 0 Å². The van der Waals surface area contributed by atoms with Crippen LogP contribution in [0.25, 0.3) is 10.9 Å². The van der Waals surface area contributed by atoms with Crippen molar-refractivity contribution in [3.05, 3.63) is 35.8 Å². The van der Waals surface area contributed by atoms with E-state index < -0.39 is 0 Å². The van der Waals surface area contributed by atoms with Gasteiger partial charge in [0.15, 0.2) is 5.96 Å². The predicted molar refractivity (Wildman–Crippen MR) is 122 cm³/mol. The van der Waals surface area contributed by atoms with Gasteiger partial charge in [0.1, 0.15) is 5.82 Å². The second-order valence-electron chi connectivity index (χ2n) is 6.33.